The van der Waals surface area contributed by atoms with E-state index >= 15 is 0 Å². The van der Waals surface area contributed by atoms with Gasteiger partial charge in [0.25, 0.3) is 11.5 Å². The first-order chi connectivity index (χ1) is 14.1. The summed E-state index contributed by atoms with van der Waals surface area (Å²) < 4.78 is 13.5. The molecule has 2 aliphatic rings. The molecule has 1 aromatic heterocycles. The lowest BCUT2D eigenvalue weighted by Gasteiger charge is -2.22. The average molecular weight is 398 g/mol. The molecule has 1 aliphatic carbocycles. The summed E-state index contributed by atoms with van der Waals surface area (Å²) in [7, 11) is 0. The quantitative estimate of drug-likeness (QED) is 0.715. The Morgan fingerprint density at radius 2 is 1.93 bits per heavy atom. The van der Waals surface area contributed by atoms with Crippen LogP contribution in [-0.4, -0.2) is 34.5 Å². The third-order valence-corrected chi connectivity index (χ3v) is 5.71. The maximum atomic E-state index is 12.8. The highest BCUT2D eigenvalue weighted by atomic mass is 16.7. The van der Waals surface area contributed by atoms with Crippen molar-refractivity contribution in [2.24, 2.45) is 11.8 Å². The van der Waals surface area contributed by atoms with Gasteiger partial charge < -0.3 is 9.47 Å². The van der Waals surface area contributed by atoms with Gasteiger partial charge in [0.2, 0.25) is 0 Å². The molecular weight excluding hydrogens is 372 g/mol. The summed E-state index contributed by atoms with van der Waals surface area (Å²) in [6, 6.07) is 9.66. The number of ether oxygens (including phenoxy) is 2. The zero-order chi connectivity index (χ0) is 20.2. The van der Waals surface area contributed by atoms with Gasteiger partial charge in [0.05, 0.1) is 6.61 Å². The molecule has 0 spiro atoms. The van der Waals surface area contributed by atoms with Crippen LogP contribution in [0.15, 0.2) is 52.2 Å². The van der Waals surface area contributed by atoms with E-state index in [1.807, 2.05) is 0 Å². The minimum Gasteiger partial charge on any atom is -0.353 e. The molecular formula is C22H26N2O5. The highest BCUT2D eigenvalue weighted by molar-refractivity contribution is 5.95. The van der Waals surface area contributed by atoms with Gasteiger partial charge in [-0.25, -0.2) is 4.79 Å². The van der Waals surface area contributed by atoms with Gasteiger partial charge in [0.1, 0.15) is 0 Å². The Bertz CT molecular complexity index is 959. The standard InChI is InChI=1S/C22H26N2O5/c25-19-9-11-23(22(27)24(19)21(26)16-6-2-1-3-7-16)15-18-14-17(18)10-13-29-20-8-4-5-12-28-20/h1-3,6-7,9,11,17-18,20H,4-5,8,10,12-15H2/t17-,18+,20?/m1/s1. The van der Waals surface area contributed by atoms with E-state index in [1.54, 1.807) is 30.3 Å². The highest BCUT2D eigenvalue weighted by Gasteiger charge is 2.37. The number of hydrogen-bond acceptors (Lipinski definition) is 5. The van der Waals surface area contributed by atoms with E-state index in [2.05, 4.69) is 0 Å². The Hall–Kier alpha value is -2.51. The normalized spacial score (nSPS) is 23.7. The van der Waals surface area contributed by atoms with Crippen LogP contribution in [0.1, 0.15) is 42.5 Å². The van der Waals surface area contributed by atoms with Crippen LogP contribution < -0.4 is 11.2 Å². The lowest BCUT2D eigenvalue weighted by Crippen LogP contribution is -2.43. The molecule has 7 nitrogen and oxygen atoms in total. The van der Waals surface area contributed by atoms with Crippen molar-refractivity contribution >= 4 is 5.91 Å². The molecule has 2 heterocycles. The number of aromatic nitrogens is 2. The van der Waals surface area contributed by atoms with Crippen molar-refractivity contribution in [3.8, 4) is 0 Å². The van der Waals surface area contributed by atoms with Crippen LogP contribution in [0.5, 0.6) is 0 Å². The van der Waals surface area contributed by atoms with Crippen LogP contribution in [-0.2, 0) is 16.0 Å². The molecule has 29 heavy (non-hydrogen) atoms. The smallest absolute Gasteiger partial charge is 0.338 e. The number of carbonyl (C=O) groups excluding carboxylic acids is 1. The summed E-state index contributed by atoms with van der Waals surface area (Å²) in [6.07, 6.45) is 6.58. The van der Waals surface area contributed by atoms with Crippen molar-refractivity contribution in [2.45, 2.75) is 44.9 Å². The predicted molar refractivity (Wildman–Crippen MR) is 107 cm³/mol. The second-order valence-electron chi connectivity index (χ2n) is 7.81. The van der Waals surface area contributed by atoms with Gasteiger partial charge in [-0.3, -0.25) is 14.2 Å². The van der Waals surface area contributed by atoms with Gasteiger partial charge in [-0.15, -0.1) is 0 Å². The van der Waals surface area contributed by atoms with Crippen LogP contribution in [0.25, 0.3) is 0 Å². The van der Waals surface area contributed by atoms with Crippen LogP contribution >= 0.6 is 0 Å². The van der Waals surface area contributed by atoms with Crippen LogP contribution in [0.2, 0.25) is 0 Å². The molecule has 1 aliphatic heterocycles. The number of nitrogens with zero attached hydrogens (tertiary/aromatic N) is 2. The third kappa shape index (κ3) is 4.74. The lowest BCUT2D eigenvalue weighted by atomic mass is 10.2. The molecule has 1 saturated heterocycles. The summed E-state index contributed by atoms with van der Waals surface area (Å²) in [5, 5.41) is 0. The maximum absolute atomic E-state index is 12.8. The van der Waals surface area contributed by atoms with E-state index in [0.717, 1.165) is 43.3 Å². The van der Waals surface area contributed by atoms with Crippen molar-refractivity contribution < 1.29 is 14.3 Å². The van der Waals surface area contributed by atoms with E-state index < -0.39 is 17.2 Å². The van der Waals surface area contributed by atoms with E-state index in [-0.39, 0.29) is 6.29 Å². The SMILES string of the molecule is O=C(c1ccccc1)n1c(=O)ccn(C[C@@H]2C[C@H]2CCOC2CCCCO2)c1=O. The molecule has 4 rings (SSSR count). The molecule has 3 atom stereocenters. The lowest BCUT2D eigenvalue weighted by molar-refractivity contribution is -0.163. The molecule has 1 unspecified atom stereocenters. The van der Waals surface area contributed by atoms with Crippen molar-refractivity contribution in [3.05, 3.63) is 69.0 Å². The van der Waals surface area contributed by atoms with Crippen molar-refractivity contribution in [1.82, 2.24) is 9.13 Å². The van der Waals surface area contributed by atoms with Crippen molar-refractivity contribution in [2.75, 3.05) is 13.2 Å². The van der Waals surface area contributed by atoms with Crippen LogP contribution in [0.4, 0.5) is 0 Å². The zero-order valence-electron chi connectivity index (χ0n) is 16.4. The van der Waals surface area contributed by atoms with Gasteiger partial charge in [-0.05, 0) is 56.1 Å². The molecule has 0 bridgehead atoms. The molecule has 154 valence electrons. The molecule has 2 fully saturated rings. The summed E-state index contributed by atoms with van der Waals surface area (Å²) in [5.41, 5.74) is -0.868. The van der Waals surface area contributed by atoms with Crippen molar-refractivity contribution in [3.63, 3.8) is 0 Å². The number of benzene rings is 1. The number of carbonyl (C=O) groups is 1. The van der Waals surface area contributed by atoms with E-state index in [1.165, 1.54) is 16.8 Å². The fraction of sp³-hybridized carbons (Fsp3) is 0.500. The van der Waals surface area contributed by atoms with E-state index in [9.17, 15) is 14.4 Å². The average Bonchev–Trinajstić information content (AvgIpc) is 3.49. The van der Waals surface area contributed by atoms with Crippen molar-refractivity contribution in [1.29, 1.82) is 0 Å². The van der Waals surface area contributed by atoms with Gasteiger partial charge >= 0.3 is 5.69 Å². The Labute approximate surface area is 168 Å². The van der Waals surface area contributed by atoms with Crippen LogP contribution in [0.3, 0.4) is 0 Å². The zero-order valence-corrected chi connectivity index (χ0v) is 16.4. The Morgan fingerprint density at radius 1 is 1.10 bits per heavy atom. The summed E-state index contributed by atoms with van der Waals surface area (Å²) in [6.45, 7) is 1.94. The Morgan fingerprint density at radius 3 is 2.69 bits per heavy atom. The second kappa shape index (κ2) is 8.88. The molecule has 2 aromatic rings. The Balaban J connectivity index is 1.36. The van der Waals surface area contributed by atoms with E-state index in [4.69, 9.17) is 9.47 Å². The minimum absolute atomic E-state index is 0.0730. The minimum atomic E-state index is -0.603. The fourth-order valence-electron chi connectivity index (χ4n) is 3.88. The monoisotopic (exact) mass is 398 g/mol. The molecule has 1 saturated carbocycles. The third-order valence-electron chi connectivity index (χ3n) is 5.71. The van der Waals surface area contributed by atoms with Gasteiger partial charge in [0, 0.05) is 31.0 Å². The number of hydrogen-bond donors (Lipinski definition) is 0. The van der Waals surface area contributed by atoms with E-state index in [0.29, 0.717) is 30.6 Å². The Kier molecular flexibility index (Phi) is 6.06. The van der Waals surface area contributed by atoms with Gasteiger partial charge in [0.15, 0.2) is 6.29 Å². The topological polar surface area (TPSA) is 79.5 Å². The summed E-state index contributed by atoms with van der Waals surface area (Å²) >= 11 is 0. The number of rotatable bonds is 7. The summed E-state index contributed by atoms with van der Waals surface area (Å²) in [4.78, 5) is 37.5. The predicted octanol–water partition coefficient (Wildman–Crippen LogP) is 2.27. The summed E-state index contributed by atoms with van der Waals surface area (Å²) in [5.74, 6) is 0.264. The first-order valence-corrected chi connectivity index (χ1v) is 10.3. The fourth-order valence-corrected chi connectivity index (χ4v) is 3.88. The first kappa shape index (κ1) is 19.8. The molecule has 1 aromatic carbocycles. The van der Waals surface area contributed by atoms with Crippen LogP contribution in [0, 0.1) is 11.8 Å². The molecule has 0 amide bonds. The molecule has 0 N–H and O–H groups in total. The maximum Gasteiger partial charge on any atom is 0.338 e. The second-order valence-corrected chi connectivity index (χ2v) is 7.81. The first-order valence-electron chi connectivity index (χ1n) is 10.3. The highest BCUT2D eigenvalue weighted by Crippen LogP contribution is 2.42. The molecule has 7 heteroatoms. The molecule has 0 radical (unpaired) electrons. The van der Waals surface area contributed by atoms with Gasteiger partial charge in [-0.2, -0.15) is 4.57 Å². The van der Waals surface area contributed by atoms with Gasteiger partial charge in [-0.1, -0.05) is 18.2 Å². The largest absolute Gasteiger partial charge is 0.353 e.